The van der Waals surface area contributed by atoms with Crippen LogP contribution in [0.3, 0.4) is 0 Å². The van der Waals surface area contributed by atoms with Gasteiger partial charge in [0.15, 0.2) is 0 Å². The summed E-state index contributed by atoms with van der Waals surface area (Å²) in [6, 6.07) is 3.97. The van der Waals surface area contributed by atoms with Gasteiger partial charge >= 0.3 is 0 Å². The Kier molecular flexibility index (Phi) is 2.32. The molecule has 3 nitrogen and oxygen atoms in total. The molecule has 2 rings (SSSR count). The summed E-state index contributed by atoms with van der Waals surface area (Å²) in [4.78, 5) is 10.6. The molecule has 1 fully saturated rings. The van der Waals surface area contributed by atoms with E-state index in [4.69, 9.17) is 10.2 Å². The van der Waals surface area contributed by atoms with Crippen molar-refractivity contribution in [1.29, 1.82) is 0 Å². The molecule has 0 bridgehead atoms. The Morgan fingerprint density at radius 2 is 2.36 bits per heavy atom. The van der Waals surface area contributed by atoms with Crippen molar-refractivity contribution in [2.24, 2.45) is 11.7 Å². The van der Waals surface area contributed by atoms with E-state index in [9.17, 15) is 4.79 Å². The SMILES string of the molecule is CC1CC1c1ccc(CCC(N)=O)o1. The molecule has 14 heavy (non-hydrogen) atoms. The summed E-state index contributed by atoms with van der Waals surface area (Å²) < 4.78 is 5.62. The summed E-state index contributed by atoms with van der Waals surface area (Å²) in [6.45, 7) is 2.22. The third-order valence-electron chi connectivity index (χ3n) is 2.78. The number of hydrogen-bond donors (Lipinski definition) is 1. The largest absolute Gasteiger partial charge is 0.466 e. The summed E-state index contributed by atoms with van der Waals surface area (Å²) >= 11 is 0. The summed E-state index contributed by atoms with van der Waals surface area (Å²) in [5.74, 6) is 3.03. The molecule has 1 heterocycles. The molecule has 1 aliphatic rings. The molecular weight excluding hydrogens is 178 g/mol. The van der Waals surface area contributed by atoms with Gasteiger partial charge in [-0.05, 0) is 24.5 Å². The van der Waals surface area contributed by atoms with Crippen molar-refractivity contribution in [3.05, 3.63) is 23.7 Å². The topological polar surface area (TPSA) is 56.2 Å². The van der Waals surface area contributed by atoms with Crippen LogP contribution in [0.1, 0.15) is 37.2 Å². The lowest BCUT2D eigenvalue weighted by Gasteiger charge is -1.94. The van der Waals surface area contributed by atoms with E-state index < -0.39 is 0 Å². The fraction of sp³-hybridized carbons (Fsp3) is 0.545. The number of primary amides is 1. The van der Waals surface area contributed by atoms with Gasteiger partial charge in [0.25, 0.3) is 0 Å². The third-order valence-corrected chi connectivity index (χ3v) is 2.78. The number of carbonyl (C=O) groups is 1. The second-order valence-electron chi connectivity index (χ2n) is 4.09. The highest BCUT2D eigenvalue weighted by atomic mass is 16.3. The van der Waals surface area contributed by atoms with E-state index in [0.29, 0.717) is 18.8 Å². The molecule has 0 aromatic carbocycles. The lowest BCUT2D eigenvalue weighted by Crippen LogP contribution is -2.10. The van der Waals surface area contributed by atoms with Gasteiger partial charge in [0, 0.05) is 18.8 Å². The number of amides is 1. The summed E-state index contributed by atoms with van der Waals surface area (Å²) in [7, 11) is 0. The maximum Gasteiger partial charge on any atom is 0.217 e. The minimum absolute atomic E-state index is 0.275. The molecule has 2 atom stereocenters. The molecule has 0 saturated heterocycles. The highest BCUT2D eigenvalue weighted by molar-refractivity contribution is 5.73. The summed E-state index contributed by atoms with van der Waals surface area (Å²) in [6.07, 6.45) is 2.21. The first-order valence-corrected chi connectivity index (χ1v) is 5.03. The van der Waals surface area contributed by atoms with Gasteiger partial charge in [-0.15, -0.1) is 0 Å². The van der Waals surface area contributed by atoms with E-state index in [2.05, 4.69) is 6.92 Å². The van der Waals surface area contributed by atoms with Crippen molar-refractivity contribution in [1.82, 2.24) is 0 Å². The van der Waals surface area contributed by atoms with Gasteiger partial charge in [0.1, 0.15) is 11.5 Å². The number of carbonyl (C=O) groups excluding carboxylic acids is 1. The lowest BCUT2D eigenvalue weighted by atomic mass is 10.2. The van der Waals surface area contributed by atoms with Crippen LogP contribution in [0.4, 0.5) is 0 Å². The molecule has 1 aliphatic carbocycles. The summed E-state index contributed by atoms with van der Waals surface area (Å²) in [5, 5.41) is 0. The highest BCUT2D eigenvalue weighted by Gasteiger charge is 2.36. The Hall–Kier alpha value is -1.25. The first kappa shape index (κ1) is 9.31. The average molecular weight is 193 g/mol. The zero-order chi connectivity index (χ0) is 10.1. The number of nitrogens with two attached hydrogens (primary N) is 1. The van der Waals surface area contributed by atoms with Gasteiger partial charge in [0.2, 0.25) is 5.91 Å². The standard InChI is InChI=1S/C11H15NO2/c1-7-6-9(7)10-4-2-8(14-10)3-5-11(12)13/h2,4,7,9H,3,5-6H2,1H3,(H2,12,13). The number of rotatable bonds is 4. The quantitative estimate of drug-likeness (QED) is 0.793. The van der Waals surface area contributed by atoms with Crippen LogP contribution in [0.15, 0.2) is 16.5 Å². The predicted molar refractivity (Wildman–Crippen MR) is 52.7 cm³/mol. The fourth-order valence-corrected chi connectivity index (χ4v) is 1.69. The van der Waals surface area contributed by atoms with Gasteiger partial charge < -0.3 is 10.2 Å². The minimum atomic E-state index is -0.275. The molecule has 1 amide bonds. The number of hydrogen-bond acceptors (Lipinski definition) is 2. The van der Waals surface area contributed by atoms with E-state index in [0.717, 1.165) is 17.4 Å². The Morgan fingerprint density at radius 1 is 1.64 bits per heavy atom. The monoisotopic (exact) mass is 193 g/mol. The van der Waals surface area contributed by atoms with Crippen LogP contribution in [-0.4, -0.2) is 5.91 Å². The Bertz CT molecular complexity index is 343. The molecule has 0 aliphatic heterocycles. The van der Waals surface area contributed by atoms with Crippen molar-refractivity contribution in [3.8, 4) is 0 Å². The van der Waals surface area contributed by atoms with Gasteiger partial charge in [-0.25, -0.2) is 0 Å². The zero-order valence-electron chi connectivity index (χ0n) is 8.32. The molecule has 1 saturated carbocycles. The fourth-order valence-electron chi connectivity index (χ4n) is 1.69. The van der Waals surface area contributed by atoms with E-state index in [1.54, 1.807) is 0 Å². The van der Waals surface area contributed by atoms with Crippen LogP contribution in [0.2, 0.25) is 0 Å². The lowest BCUT2D eigenvalue weighted by molar-refractivity contribution is -0.118. The molecule has 2 unspecified atom stereocenters. The van der Waals surface area contributed by atoms with Crippen LogP contribution in [0.25, 0.3) is 0 Å². The van der Waals surface area contributed by atoms with E-state index >= 15 is 0 Å². The maximum atomic E-state index is 10.6. The molecular formula is C11H15NO2. The van der Waals surface area contributed by atoms with E-state index in [-0.39, 0.29) is 5.91 Å². The van der Waals surface area contributed by atoms with Crippen molar-refractivity contribution in [2.45, 2.75) is 32.1 Å². The third kappa shape index (κ3) is 1.97. The maximum absolute atomic E-state index is 10.6. The van der Waals surface area contributed by atoms with Crippen molar-refractivity contribution >= 4 is 5.91 Å². The number of aryl methyl sites for hydroxylation is 1. The van der Waals surface area contributed by atoms with Gasteiger partial charge in [-0.1, -0.05) is 6.92 Å². The molecule has 3 heteroatoms. The number of furan rings is 1. The first-order valence-electron chi connectivity index (χ1n) is 5.03. The van der Waals surface area contributed by atoms with E-state index in [1.807, 2.05) is 12.1 Å². The van der Waals surface area contributed by atoms with Crippen LogP contribution in [0, 0.1) is 5.92 Å². The van der Waals surface area contributed by atoms with Crippen molar-refractivity contribution < 1.29 is 9.21 Å². The molecule has 0 radical (unpaired) electrons. The Morgan fingerprint density at radius 3 is 2.93 bits per heavy atom. The van der Waals surface area contributed by atoms with Crippen LogP contribution in [0.5, 0.6) is 0 Å². The van der Waals surface area contributed by atoms with Crippen molar-refractivity contribution in [2.75, 3.05) is 0 Å². The summed E-state index contributed by atoms with van der Waals surface area (Å²) in [5.41, 5.74) is 5.06. The first-order chi connectivity index (χ1) is 6.66. The second kappa shape index (κ2) is 3.48. The molecule has 76 valence electrons. The van der Waals surface area contributed by atoms with E-state index in [1.165, 1.54) is 6.42 Å². The van der Waals surface area contributed by atoms with Gasteiger partial charge in [-0.3, -0.25) is 4.79 Å². The minimum Gasteiger partial charge on any atom is -0.466 e. The normalized spacial score (nSPS) is 24.9. The molecule has 1 aromatic rings. The van der Waals surface area contributed by atoms with Crippen LogP contribution in [-0.2, 0) is 11.2 Å². The average Bonchev–Trinajstić information content (AvgIpc) is 2.68. The second-order valence-corrected chi connectivity index (χ2v) is 4.09. The smallest absolute Gasteiger partial charge is 0.217 e. The molecule has 2 N–H and O–H groups in total. The van der Waals surface area contributed by atoms with Crippen LogP contribution >= 0.6 is 0 Å². The van der Waals surface area contributed by atoms with Crippen LogP contribution < -0.4 is 5.73 Å². The molecule has 0 spiro atoms. The van der Waals surface area contributed by atoms with Crippen molar-refractivity contribution in [3.63, 3.8) is 0 Å². The highest BCUT2D eigenvalue weighted by Crippen LogP contribution is 2.47. The zero-order valence-corrected chi connectivity index (χ0v) is 8.32. The van der Waals surface area contributed by atoms with Gasteiger partial charge in [-0.2, -0.15) is 0 Å². The Labute approximate surface area is 83.3 Å². The molecule has 1 aromatic heterocycles. The van der Waals surface area contributed by atoms with Gasteiger partial charge in [0.05, 0.1) is 0 Å². The Balaban J connectivity index is 1.93. The predicted octanol–water partition coefficient (Wildman–Crippen LogP) is 1.82.